The van der Waals surface area contributed by atoms with E-state index in [1.54, 1.807) is 18.2 Å². The van der Waals surface area contributed by atoms with E-state index < -0.39 is 5.97 Å². The van der Waals surface area contributed by atoms with E-state index >= 15 is 0 Å². The summed E-state index contributed by atoms with van der Waals surface area (Å²) in [5.41, 5.74) is 2.22. The highest BCUT2D eigenvalue weighted by atomic mass is 32.2. The number of carbonyl (C=O) groups is 2. The van der Waals surface area contributed by atoms with Crippen molar-refractivity contribution in [3.05, 3.63) is 51.4 Å². The number of benzene rings is 1. The van der Waals surface area contributed by atoms with Gasteiger partial charge in [0.15, 0.2) is 5.16 Å². The zero-order chi connectivity index (χ0) is 18.7. The fourth-order valence-electron chi connectivity index (χ4n) is 2.99. The Morgan fingerprint density at radius 1 is 1.35 bits per heavy atom. The Labute approximate surface area is 154 Å². The summed E-state index contributed by atoms with van der Waals surface area (Å²) in [6.45, 7) is -0.127. The van der Waals surface area contributed by atoms with Gasteiger partial charge in [-0.3, -0.25) is 14.2 Å². The number of nitrogens with zero attached hydrogens (tertiary/aromatic N) is 2. The molecule has 0 unspecified atom stereocenters. The van der Waals surface area contributed by atoms with E-state index in [0.717, 1.165) is 18.5 Å². The summed E-state index contributed by atoms with van der Waals surface area (Å²) in [5.74, 6) is -0.839. The lowest BCUT2D eigenvalue weighted by Gasteiger charge is -2.13. The number of fused-ring (bicyclic) bond motifs is 1. The Kier molecular flexibility index (Phi) is 5.41. The number of hydrogen-bond acceptors (Lipinski definition) is 6. The van der Waals surface area contributed by atoms with Gasteiger partial charge in [-0.05, 0) is 43.7 Å². The van der Waals surface area contributed by atoms with E-state index in [9.17, 15) is 14.4 Å². The Morgan fingerprint density at radius 3 is 2.88 bits per heavy atom. The van der Waals surface area contributed by atoms with Crippen molar-refractivity contribution in [3.8, 4) is 0 Å². The van der Waals surface area contributed by atoms with Crippen LogP contribution in [0.3, 0.4) is 0 Å². The van der Waals surface area contributed by atoms with Gasteiger partial charge in [-0.15, -0.1) is 0 Å². The molecule has 7 nitrogen and oxygen atoms in total. The summed E-state index contributed by atoms with van der Waals surface area (Å²) >= 11 is 1.34. The van der Waals surface area contributed by atoms with Crippen molar-refractivity contribution in [2.75, 3.05) is 18.7 Å². The minimum absolute atomic E-state index is 0.127. The molecule has 3 rings (SSSR count). The molecule has 0 aliphatic heterocycles. The highest BCUT2D eigenvalue weighted by molar-refractivity contribution is 7.98. The topological polar surface area (TPSA) is 90.3 Å². The molecule has 1 N–H and O–H groups in total. The number of anilines is 1. The number of aromatic nitrogens is 2. The summed E-state index contributed by atoms with van der Waals surface area (Å²) in [6.07, 6.45) is 4.27. The predicted molar refractivity (Wildman–Crippen MR) is 98.7 cm³/mol. The first-order chi connectivity index (χ1) is 12.5. The number of ether oxygens (including phenoxy) is 1. The standard InChI is InChI=1S/C18H19N3O4S/c1-25-17(24)11-5-3-6-12(9-11)19-15(22)10-21-16(23)13-7-4-8-14(13)20-18(21)26-2/h3,5-6,9H,4,7-8,10H2,1-2H3,(H,19,22). The smallest absolute Gasteiger partial charge is 0.337 e. The van der Waals surface area contributed by atoms with Crippen molar-refractivity contribution in [1.82, 2.24) is 9.55 Å². The molecule has 8 heteroatoms. The number of thioether (sulfide) groups is 1. The van der Waals surface area contributed by atoms with E-state index in [0.29, 0.717) is 28.4 Å². The van der Waals surface area contributed by atoms with Gasteiger partial charge in [-0.25, -0.2) is 9.78 Å². The van der Waals surface area contributed by atoms with Crippen molar-refractivity contribution in [2.24, 2.45) is 0 Å². The summed E-state index contributed by atoms with van der Waals surface area (Å²) in [4.78, 5) is 41.2. The summed E-state index contributed by atoms with van der Waals surface area (Å²) in [5, 5.41) is 3.25. The van der Waals surface area contributed by atoms with E-state index in [-0.39, 0.29) is 18.0 Å². The first-order valence-corrected chi connectivity index (χ1v) is 9.40. The molecule has 0 bridgehead atoms. The number of nitrogens with one attached hydrogen (secondary N) is 1. The average molecular weight is 373 g/mol. The molecule has 1 amide bonds. The van der Waals surface area contributed by atoms with Crippen LogP contribution in [0.15, 0.2) is 34.2 Å². The molecule has 0 atom stereocenters. The summed E-state index contributed by atoms with van der Waals surface area (Å²) in [7, 11) is 1.30. The molecule has 1 heterocycles. The van der Waals surface area contributed by atoms with Crippen LogP contribution in [0.5, 0.6) is 0 Å². The monoisotopic (exact) mass is 373 g/mol. The fourth-order valence-corrected chi connectivity index (χ4v) is 3.56. The highest BCUT2D eigenvalue weighted by Gasteiger charge is 2.21. The van der Waals surface area contributed by atoms with Crippen molar-refractivity contribution < 1.29 is 14.3 Å². The molecule has 0 saturated carbocycles. The Morgan fingerprint density at radius 2 is 2.15 bits per heavy atom. The number of rotatable bonds is 5. The van der Waals surface area contributed by atoms with Crippen LogP contribution in [0, 0.1) is 0 Å². The maximum Gasteiger partial charge on any atom is 0.337 e. The van der Waals surface area contributed by atoms with Crippen molar-refractivity contribution in [2.45, 2.75) is 31.0 Å². The number of methoxy groups -OCH3 is 1. The molecule has 1 aromatic carbocycles. The van der Waals surface area contributed by atoms with Crippen LogP contribution in [0.1, 0.15) is 28.0 Å². The number of esters is 1. The molecule has 1 aliphatic carbocycles. The Balaban J connectivity index is 1.81. The third-order valence-electron chi connectivity index (χ3n) is 4.21. The van der Waals surface area contributed by atoms with Crippen LogP contribution >= 0.6 is 11.8 Å². The van der Waals surface area contributed by atoms with Crippen molar-refractivity contribution in [1.29, 1.82) is 0 Å². The van der Waals surface area contributed by atoms with Crippen LogP contribution < -0.4 is 10.9 Å². The highest BCUT2D eigenvalue weighted by Crippen LogP contribution is 2.20. The van der Waals surface area contributed by atoms with Gasteiger partial charge in [0.1, 0.15) is 6.54 Å². The van der Waals surface area contributed by atoms with Gasteiger partial charge >= 0.3 is 5.97 Å². The molecule has 0 fully saturated rings. The Hall–Kier alpha value is -2.61. The molecule has 0 radical (unpaired) electrons. The van der Waals surface area contributed by atoms with E-state index in [1.165, 1.54) is 29.5 Å². The quantitative estimate of drug-likeness (QED) is 0.489. The average Bonchev–Trinajstić information content (AvgIpc) is 3.12. The molecular formula is C18H19N3O4S. The lowest BCUT2D eigenvalue weighted by molar-refractivity contribution is -0.116. The van der Waals surface area contributed by atoms with Crippen LogP contribution in [0.2, 0.25) is 0 Å². The van der Waals surface area contributed by atoms with E-state index in [1.807, 2.05) is 6.26 Å². The second kappa shape index (κ2) is 7.74. The predicted octanol–water partition coefficient (Wildman–Crippen LogP) is 1.88. The first-order valence-electron chi connectivity index (χ1n) is 8.18. The van der Waals surface area contributed by atoms with Crippen LogP contribution in [0.4, 0.5) is 5.69 Å². The van der Waals surface area contributed by atoms with Crippen LogP contribution in [0.25, 0.3) is 0 Å². The Bertz CT molecular complexity index is 923. The zero-order valence-corrected chi connectivity index (χ0v) is 15.4. The molecular weight excluding hydrogens is 354 g/mol. The second-order valence-corrected chi connectivity index (χ2v) is 6.66. The molecule has 136 valence electrons. The van der Waals surface area contributed by atoms with Gasteiger partial charge in [0.2, 0.25) is 5.91 Å². The number of carbonyl (C=O) groups excluding carboxylic acids is 2. The third-order valence-corrected chi connectivity index (χ3v) is 4.88. The summed E-state index contributed by atoms with van der Waals surface area (Å²) in [6, 6.07) is 6.45. The number of aryl methyl sites for hydroxylation is 1. The first kappa shape index (κ1) is 18.2. The van der Waals surface area contributed by atoms with Gasteiger partial charge in [0.05, 0.1) is 18.4 Å². The SMILES string of the molecule is COC(=O)c1cccc(NC(=O)Cn2c(SC)nc3c(c2=O)CCC3)c1. The molecule has 1 aromatic heterocycles. The maximum atomic E-state index is 12.7. The molecule has 0 saturated heterocycles. The third kappa shape index (κ3) is 3.65. The van der Waals surface area contributed by atoms with Gasteiger partial charge < -0.3 is 10.1 Å². The number of amides is 1. The summed E-state index contributed by atoms with van der Waals surface area (Å²) < 4.78 is 6.08. The van der Waals surface area contributed by atoms with Crippen molar-refractivity contribution in [3.63, 3.8) is 0 Å². The maximum absolute atomic E-state index is 12.7. The fraction of sp³-hybridized carbons (Fsp3) is 0.333. The minimum atomic E-state index is -0.482. The normalized spacial score (nSPS) is 12.5. The van der Waals surface area contributed by atoms with Gasteiger partial charge in [-0.1, -0.05) is 17.8 Å². The molecule has 0 spiro atoms. The van der Waals surface area contributed by atoms with Crippen LogP contribution in [-0.2, 0) is 28.9 Å². The van der Waals surface area contributed by atoms with E-state index in [2.05, 4.69) is 15.0 Å². The second-order valence-electron chi connectivity index (χ2n) is 5.89. The van der Waals surface area contributed by atoms with Gasteiger partial charge in [0, 0.05) is 11.3 Å². The molecule has 1 aliphatic rings. The van der Waals surface area contributed by atoms with E-state index in [4.69, 9.17) is 0 Å². The molecule has 26 heavy (non-hydrogen) atoms. The van der Waals surface area contributed by atoms with Gasteiger partial charge in [0.25, 0.3) is 5.56 Å². The largest absolute Gasteiger partial charge is 0.465 e. The van der Waals surface area contributed by atoms with Crippen LogP contribution in [-0.4, -0.2) is 34.8 Å². The minimum Gasteiger partial charge on any atom is -0.465 e. The van der Waals surface area contributed by atoms with Crippen molar-refractivity contribution >= 4 is 29.3 Å². The van der Waals surface area contributed by atoms with Gasteiger partial charge in [-0.2, -0.15) is 0 Å². The zero-order valence-electron chi connectivity index (χ0n) is 14.6. The number of hydrogen-bond donors (Lipinski definition) is 1. The lowest BCUT2D eigenvalue weighted by Crippen LogP contribution is -2.32. The molecule has 2 aromatic rings. The lowest BCUT2D eigenvalue weighted by atomic mass is 10.2.